The molecule has 158 valence electrons. The molecule has 0 saturated carbocycles. The summed E-state index contributed by atoms with van der Waals surface area (Å²) in [5.74, 6) is -0.136. The fraction of sp³-hybridized carbons (Fsp3) is 0.647. The van der Waals surface area contributed by atoms with E-state index in [9.17, 15) is 18.0 Å². The van der Waals surface area contributed by atoms with Crippen molar-refractivity contribution in [2.24, 2.45) is 0 Å². The molecule has 8 nitrogen and oxygen atoms in total. The van der Waals surface area contributed by atoms with Gasteiger partial charge in [0.25, 0.3) is 10.0 Å². The number of likely N-dealkylation sites (N-methyl/N-ethyl adjacent to an activating group) is 1. The highest BCUT2D eigenvalue weighted by atomic mass is 35.5. The summed E-state index contributed by atoms with van der Waals surface area (Å²) in [5.41, 5.74) is 0. The van der Waals surface area contributed by atoms with Crippen molar-refractivity contribution < 1.29 is 18.0 Å². The van der Waals surface area contributed by atoms with Crippen molar-refractivity contribution in [1.29, 1.82) is 0 Å². The molecule has 0 aromatic carbocycles. The summed E-state index contributed by atoms with van der Waals surface area (Å²) in [6.07, 6.45) is 0.837. The Hall–Kier alpha value is -1.20. The van der Waals surface area contributed by atoms with Gasteiger partial charge in [-0.15, -0.1) is 11.3 Å². The minimum Gasteiger partial charge on any atom is -0.348 e. The molecule has 2 rings (SSSR count). The van der Waals surface area contributed by atoms with E-state index in [2.05, 4.69) is 0 Å². The normalized spacial score (nSPS) is 15.8. The molecule has 1 aromatic rings. The van der Waals surface area contributed by atoms with Crippen LogP contribution in [0.4, 0.5) is 0 Å². The number of hydrogen-bond acceptors (Lipinski definition) is 6. The van der Waals surface area contributed by atoms with E-state index in [1.807, 2.05) is 11.8 Å². The largest absolute Gasteiger partial charge is 0.348 e. The van der Waals surface area contributed by atoms with Gasteiger partial charge < -0.3 is 9.80 Å². The molecule has 2 heterocycles. The number of hydrogen-bond donors (Lipinski definition) is 0. The van der Waals surface area contributed by atoms with E-state index < -0.39 is 10.0 Å². The lowest BCUT2D eigenvalue weighted by atomic mass is 10.3. The molecule has 1 aromatic heterocycles. The maximum Gasteiger partial charge on any atom is 0.252 e. The quantitative estimate of drug-likeness (QED) is 0.591. The maximum absolute atomic E-state index is 12.6. The first-order valence-electron chi connectivity index (χ1n) is 9.11. The summed E-state index contributed by atoms with van der Waals surface area (Å²) in [4.78, 5) is 29.6. The van der Waals surface area contributed by atoms with Gasteiger partial charge in [-0.3, -0.25) is 14.5 Å². The lowest BCUT2D eigenvalue weighted by molar-refractivity contribution is -0.135. The summed E-state index contributed by atoms with van der Waals surface area (Å²) < 4.78 is 27.3. The highest BCUT2D eigenvalue weighted by molar-refractivity contribution is 7.91. The summed E-state index contributed by atoms with van der Waals surface area (Å²) in [6, 6.07) is 3.07. The first kappa shape index (κ1) is 23.1. The van der Waals surface area contributed by atoms with Crippen molar-refractivity contribution in [2.45, 2.75) is 17.6 Å². The Labute approximate surface area is 175 Å². The van der Waals surface area contributed by atoms with Crippen LogP contribution in [-0.2, 0) is 19.6 Å². The van der Waals surface area contributed by atoms with Gasteiger partial charge >= 0.3 is 0 Å². The van der Waals surface area contributed by atoms with Crippen LogP contribution in [-0.4, -0.2) is 99.1 Å². The molecule has 0 spiro atoms. The molecule has 28 heavy (non-hydrogen) atoms. The number of thiophene rings is 1. The number of nitrogens with zero attached hydrogens (tertiary/aromatic N) is 4. The molecule has 0 N–H and O–H groups in total. The van der Waals surface area contributed by atoms with E-state index in [0.717, 1.165) is 17.8 Å². The third-order valence-electron chi connectivity index (χ3n) is 4.49. The Morgan fingerprint density at radius 3 is 2.29 bits per heavy atom. The standard InChI is InChI=1S/C17H27ClN4O4S2/c1-4-7-20(12-15(23)19(2)3)13-16(24)21-8-10-22(11-9-21)28(25,26)17-6-5-14(18)27-17/h5-6H,4,7-13H2,1-3H3. The molecule has 1 fully saturated rings. The summed E-state index contributed by atoms with van der Waals surface area (Å²) in [6.45, 7) is 4.15. The van der Waals surface area contributed by atoms with Gasteiger partial charge in [0, 0.05) is 40.3 Å². The molecule has 1 aliphatic rings. The van der Waals surface area contributed by atoms with Gasteiger partial charge in [0.05, 0.1) is 17.4 Å². The van der Waals surface area contributed by atoms with E-state index in [4.69, 9.17) is 11.6 Å². The zero-order valence-electron chi connectivity index (χ0n) is 16.4. The second-order valence-corrected chi connectivity index (χ2v) is 10.7. The molecule has 0 unspecified atom stereocenters. The Kier molecular flexibility index (Phi) is 8.26. The molecule has 11 heteroatoms. The van der Waals surface area contributed by atoms with Crippen LogP contribution in [0.1, 0.15) is 13.3 Å². The molecule has 1 aliphatic heterocycles. The van der Waals surface area contributed by atoms with Gasteiger partial charge in [-0.25, -0.2) is 8.42 Å². The smallest absolute Gasteiger partial charge is 0.252 e. The average Bonchev–Trinajstić information content (AvgIpc) is 3.09. The van der Waals surface area contributed by atoms with E-state index in [1.165, 1.54) is 15.3 Å². The number of rotatable bonds is 8. The first-order chi connectivity index (χ1) is 13.1. The fourth-order valence-electron chi connectivity index (χ4n) is 2.90. The van der Waals surface area contributed by atoms with Crippen LogP contribution >= 0.6 is 22.9 Å². The second kappa shape index (κ2) is 10.0. The third kappa shape index (κ3) is 5.90. The van der Waals surface area contributed by atoms with E-state index in [1.54, 1.807) is 25.1 Å². The van der Waals surface area contributed by atoms with Crippen LogP contribution in [0.5, 0.6) is 0 Å². The van der Waals surface area contributed by atoms with Crippen molar-refractivity contribution in [3.8, 4) is 0 Å². The Morgan fingerprint density at radius 2 is 1.79 bits per heavy atom. The minimum absolute atomic E-state index is 0.0493. The zero-order chi connectivity index (χ0) is 20.9. The maximum atomic E-state index is 12.6. The van der Waals surface area contributed by atoms with E-state index in [0.29, 0.717) is 24.0 Å². The van der Waals surface area contributed by atoms with Gasteiger partial charge in [0.15, 0.2) is 0 Å². The van der Waals surface area contributed by atoms with Crippen LogP contribution in [0.3, 0.4) is 0 Å². The van der Waals surface area contributed by atoms with E-state index in [-0.39, 0.29) is 42.2 Å². The van der Waals surface area contributed by atoms with Gasteiger partial charge in [0.2, 0.25) is 11.8 Å². The molecule has 0 aliphatic carbocycles. The van der Waals surface area contributed by atoms with Crippen molar-refractivity contribution in [3.05, 3.63) is 16.5 Å². The molecule has 0 bridgehead atoms. The number of amides is 2. The van der Waals surface area contributed by atoms with Crippen molar-refractivity contribution >= 4 is 44.8 Å². The summed E-state index contributed by atoms with van der Waals surface area (Å²) in [5, 5.41) is 0. The van der Waals surface area contributed by atoms with Gasteiger partial charge in [-0.1, -0.05) is 18.5 Å². The molecule has 2 amide bonds. The van der Waals surface area contributed by atoms with Crippen molar-refractivity contribution in [3.63, 3.8) is 0 Å². The van der Waals surface area contributed by atoms with Crippen LogP contribution in [0.2, 0.25) is 4.34 Å². The van der Waals surface area contributed by atoms with Gasteiger partial charge in [-0.05, 0) is 25.1 Å². The predicted octanol–water partition coefficient (Wildman–Crippen LogP) is 1.03. The minimum atomic E-state index is -3.58. The first-order valence-corrected chi connectivity index (χ1v) is 11.7. The SMILES string of the molecule is CCCN(CC(=O)N(C)C)CC(=O)N1CCN(S(=O)(=O)c2ccc(Cl)s2)CC1. The molecule has 0 radical (unpaired) electrons. The van der Waals surface area contributed by atoms with Crippen molar-refractivity contribution in [2.75, 3.05) is 59.9 Å². The lowest BCUT2D eigenvalue weighted by Gasteiger charge is -2.35. The number of carbonyl (C=O) groups is 2. The monoisotopic (exact) mass is 450 g/mol. The molecule has 1 saturated heterocycles. The lowest BCUT2D eigenvalue weighted by Crippen LogP contribution is -2.53. The van der Waals surface area contributed by atoms with Gasteiger partial charge in [-0.2, -0.15) is 4.31 Å². The highest BCUT2D eigenvalue weighted by Gasteiger charge is 2.31. The average molecular weight is 451 g/mol. The fourth-order valence-corrected chi connectivity index (χ4v) is 5.95. The highest BCUT2D eigenvalue weighted by Crippen LogP contribution is 2.28. The molecular formula is C17H27ClN4O4S2. The number of sulfonamides is 1. The third-order valence-corrected chi connectivity index (χ3v) is 8.09. The number of halogens is 1. The molecule has 0 atom stereocenters. The predicted molar refractivity (Wildman–Crippen MR) is 110 cm³/mol. The van der Waals surface area contributed by atoms with Crippen LogP contribution in [0.25, 0.3) is 0 Å². The Balaban J connectivity index is 1.92. The Morgan fingerprint density at radius 1 is 1.14 bits per heavy atom. The molecular weight excluding hydrogens is 424 g/mol. The van der Waals surface area contributed by atoms with E-state index >= 15 is 0 Å². The number of carbonyl (C=O) groups excluding carboxylic acids is 2. The Bertz CT molecular complexity index is 789. The van der Waals surface area contributed by atoms with Crippen molar-refractivity contribution in [1.82, 2.24) is 19.0 Å². The number of piperazine rings is 1. The summed E-state index contributed by atoms with van der Waals surface area (Å²) >= 11 is 6.88. The topological polar surface area (TPSA) is 81.2 Å². The van der Waals surface area contributed by atoms with Gasteiger partial charge in [0.1, 0.15) is 4.21 Å². The van der Waals surface area contributed by atoms with Crippen LogP contribution in [0.15, 0.2) is 16.3 Å². The van der Waals surface area contributed by atoms with Crippen LogP contribution < -0.4 is 0 Å². The summed E-state index contributed by atoms with van der Waals surface area (Å²) in [7, 11) is -0.200. The second-order valence-electron chi connectivity index (χ2n) is 6.84. The van der Waals surface area contributed by atoms with Crippen LogP contribution in [0, 0.1) is 0 Å². The zero-order valence-corrected chi connectivity index (χ0v) is 18.8.